The number of rotatable bonds is 5. The minimum atomic E-state index is -0.422. The lowest BCUT2D eigenvalue weighted by molar-refractivity contribution is -0.135. The number of carbonyl (C=O) groups is 1. The standard InChI is InChI=1S/C32H40N2O4/c1-19(2)18-37-28-11-10-25-20(3)26(32(36)38-31(25)21(28)4)16-29(35)34-13-7-8-22-14-23-15-24(30(22)34)17-33-12-6-5-9-27(23)33/h10-11,14,23-24,27,30H,1,5-9,12-13,15-18H2,2-4H3/t23-,24+,27-,30-/m1/s1. The van der Waals surface area contributed by atoms with Crippen LogP contribution in [0.25, 0.3) is 11.0 Å². The van der Waals surface area contributed by atoms with Crippen LogP contribution in [0, 0.1) is 25.7 Å². The van der Waals surface area contributed by atoms with Gasteiger partial charge in [0.05, 0.1) is 18.0 Å². The summed E-state index contributed by atoms with van der Waals surface area (Å²) in [4.78, 5) is 31.9. The number of benzene rings is 1. The number of nitrogens with zero attached hydrogens (tertiary/aromatic N) is 2. The highest BCUT2D eigenvalue weighted by molar-refractivity contribution is 5.87. The highest BCUT2D eigenvalue weighted by atomic mass is 16.5. The van der Waals surface area contributed by atoms with E-state index in [1.165, 1.54) is 37.8 Å². The van der Waals surface area contributed by atoms with Gasteiger partial charge in [-0.2, -0.15) is 0 Å². The molecule has 3 saturated heterocycles. The van der Waals surface area contributed by atoms with E-state index in [2.05, 4.69) is 22.5 Å². The third-order valence-corrected chi connectivity index (χ3v) is 9.43. The second-order valence-electron chi connectivity index (χ2n) is 12.1. The molecule has 1 aromatic carbocycles. The first-order valence-electron chi connectivity index (χ1n) is 14.4. The number of hydrogen-bond donors (Lipinski definition) is 0. The molecule has 0 unspecified atom stereocenters. The van der Waals surface area contributed by atoms with Crippen molar-refractivity contribution in [3.8, 4) is 5.75 Å². The Morgan fingerprint density at radius 1 is 1.16 bits per heavy atom. The summed E-state index contributed by atoms with van der Waals surface area (Å²) in [6, 6.07) is 4.72. The van der Waals surface area contributed by atoms with Crippen LogP contribution in [-0.2, 0) is 11.2 Å². The molecule has 4 atom stereocenters. The number of hydrogen-bond acceptors (Lipinski definition) is 5. The highest BCUT2D eigenvalue weighted by Gasteiger charge is 2.46. The van der Waals surface area contributed by atoms with Crippen molar-refractivity contribution < 1.29 is 13.9 Å². The van der Waals surface area contributed by atoms with Gasteiger partial charge in [-0.15, -0.1) is 0 Å². The molecular weight excluding hydrogens is 476 g/mol. The Bertz CT molecular complexity index is 1370. The van der Waals surface area contributed by atoms with Crippen molar-refractivity contribution >= 4 is 16.9 Å². The number of piperidine rings is 3. The molecule has 4 aliphatic rings. The first kappa shape index (κ1) is 25.4. The van der Waals surface area contributed by atoms with Gasteiger partial charge in [0.15, 0.2) is 0 Å². The fourth-order valence-corrected chi connectivity index (χ4v) is 7.64. The molecular formula is C32H40N2O4. The first-order valence-corrected chi connectivity index (χ1v) is 14.4. The summed E-state index contributed by atoms with van der Waals surface area (Å²) in [5.74, 6) is 1.86. The zero-order valence-electron chi connectivity index (χ0n) is 23.1. The molecule has 1 aliphatic carbocycles. The van der Waals surface area contributed by atoms with Crippen molar-refractivity contribution in [2.24, 2.45) is 11.8 Å². The van der Waals surface area contributed by atoms with Gasteiger partial charge in [-0.25, -0.2) is 4.79 Å². The van der Waals surface area contributed by atoms with E-state index in [9.17, 15) is 9.59 Å². The van der Waals surface area contributed by atoms with Gasteiger partial charge in [-0.05, 0) is 94.5 Å². The zero-order chi connectivity index (χ0) is 26.6. The second-order valence-corrected chi connectivity index (χ2v) is 12.1. The number of aryl methyl sites for hydroxylation is 2. The van der Waals surface area contributed by atoms with Crippen LogP contribution in [0.5, 0.6) is 5.75 Å². The molecule has 1 aromatic heterocycles. The lowest BCUT2D eigenvalue weighted by Gasteiger charge is -2.54. The van der Waals surface area contributed by atoms with E-state index in [4.69, 9.17) is 9.15 Å². The summed E-state index contributed by atoms with van der Waals surface area (Å²) in [6.45, 7) is 13.1. The third-order valence-electron chi connectivity index (χ3n) is 9.43. The van der Waals surface area contributed by atoms with Gasteiger partial charge in [-0.3, -0.25) is 9.69 Å². The number of carbonyl (C=O) groups excluding carboxylic acids is 1. The van der Waals surface area contributed by atoms with Gasteiger partial charge in [0.2, 0.25) is 5.91 Å². The van der Waals surface area contributed by atoms with Crippen LogP contribution in [0.3, 0.4) is 0 Å². The van der Waals surface area contributed by atoms with Crippen LogP contribution in [0.15, 0.2) is 45.1 Å². The predicted octanol–water partition coefficient (Wildman–Crippen LogP) is 5.33. The van der Waals surface area contributed by atoms with Gasteiger partial charge >= 0.3 is 5.63 Å². The summed E-state index contributed by atoms with van der Waals surface area (Å²) >= 11 is 0. The Hall–Kier alpha value is -2.86. The lowest BCUT2D eigenvalue weighted by Crippen LogP contribution is -2.60. The van der Waals surface area contributed by atoms with Gasteiger partial charge in [-0.1, -0.05) is 24.6 Å². The van der Waals surface area contributed by atoms with Crippen molar-refractivity contribution in [2.45, 2.75) is 77.8 Å². The smallest absolute Gasteiger partial charge is 0.340 e. The number of fused-ring (bicyclic) bond motifs is 7. The van der Waals surface area contributed by atoms with E-state index in [-0.39, 0.29) is 18.4 Å². The molecule has 0 spiro atoms. The maximum atomic E-state index is 13.9. The lowest BCUT2D eigenvalue weighted by atomic mass is 9.68. The number of ether oxygens (including phenoxy) is 1. The summed E-state index contributed by atoms with van der Waals surface area (Å²) in [5.41, 5.74) is 4.58. The topological polar surface area (TPSA) is 63.0 Å². The van der Waals surface area contributed by atoms with E-state index in [1.807, 2.05) is 32.9 Å². The Labute approximate surface area is 225 Å². The maximum Gasteiger partial charge on any atom is 0.340 e. The molecule has 38 heavy (non-hydrogen) atoms. The second kappa shape index (κ2) is 10.0. The Balaban J connectivity index is 1.27. The highest BCUT2D eigenvalue weighted by Crippen LogP contribution is 2.45. The SMILES string of the molecule is C=C(C)COc1ccc2c(C)c(CC(=O)N3CCCC4=C[C@@H]5C[C@@H](CN6CCCC[C@H]56)[C@@H]43)c(=O)oc2c1C. The monoisotopic (exact) mass is 516 g/mol. The summed E-state index contributed by atoms with van der Waals surface area (Å²) in [6.07, 6.45) is 9.85. The van der Waals surface area contributed by atoms with E-state index >= 15 is 0 Å². The summed E-state index contributed by atoms with van der Waals surface area (Å²) in [5, 5.41) is 0.857. The zero-order valence-corrected chi connectivity index (χ0v) is 23.1. The van der Waals surface area contributed by atoms with E-state index in [1.54, 1.807) is 0 Å². The maximum absolute atomic E-state index is 13.9. The molecule has 3 fully saturated rings. The Morgan fingerprint density at radius 3 is 2.82 bits per heavy atom. The van der Waals surface area contributed by atoms with Crippen molar-refractivity contribution in [1.82, 2.24) is 9.80 Å². The minimum Gasteiger partial charge on any atom is -0.489 e. The van der Waals surface area contributed by atoms with Gasteiger partial charge in [0.25, 0.3) is 0 Å². The van der Waals surface area contributed by atoms with E-state index in [0.717, 1.165) is 48.0 Å². The first-order chi connectivity index (χ1) is 18.3. The molecule has 0 saturated carbocycles. The molecule has 1 amide bonds. The van der Waals surface area contributed by atoms with E-state index in [0.29, 0.717) is 41.4 Å². The Morgan fingerprint density at radius 2 is 2.00 bits per heavy atom. The average molecular weight is 517 g/mol. The predicted molar refractivity (Wildman–Crippen MR) is 150 cm³/mol. The molecule has 0 N–H and O–H groups in total. The van der Waals surface area contributed by atoms with Crippen molar-refractivity contribution in [3.05, 3.63) is 63.0 Å². The van der Waals surface area contributed by atoms with Crippen molar-refractivity contribution in [1.29, 1.82) is 0 Å². The van der Waals surface area contributed by atoms with Crippen LogP contribution < -0.4 is 10.4 Å². The van der Waals surface area contributed by atoms with E-state index < -0.39 is 5.63 Å². The molecule has 0 radical (unpaired) electrons. The van der Waals surface area contributed by atoms with Gasteiger partial charge < -0.3 is 14.1 Å². The molecule has 6 nitrogen and oxygen atoms in total. The molecule has 2 bridgehead atoms. The van der Waals surface area contributed by atoms with Crippen LogP contribution in [0.2, 0.25) is 0 Å². The fraction of sp³-hybridized carbons (Fsp3) is 0.562. The molecule has 4 heterocycles. The summed E-state index contributed by atoms with van der Waals surface area (Å²) in [7, 11) is 0. The van der Waals surface area contributed by atoms with Crippen molar-refractivity contribution in [3.63, 3.8) is 0 Å². The molecule has 202 valence electrons. The Kier molecular flexibility index (Phi) is 6.71. The number of likely N-dealkylation sites (tertiary alicyclic amines) is 1. The largest absolute Gasteiger partial charge is 0.489 e. The van der Waals surface area contributed by atoms with Crippen LogP contribution in [-0.4, -0.2) is 54.0 Å². The molecule has 6 heteroatoms. The quantitative estimate of drug-likeness (QED) is 0.397. The average Bonchev–Trinajstić information content (AvgIpc) is 2.90. The van der Waals surface area contributed by atoms with Crippen LogP contribution in [0.1, 0.15) is 62.1 Å². The molecule has 2 aromatic rings. The summed E-state index contributed by atoms with van der Waals surface area (Å²) < 4.78 is 11.7. The van der Waals surface area contributed by atoms with Gasteiger partial charge in [0, 0.05) is 30.1 Å². The van der Waals surface area contributed by atoms with Crippen LogP contribution >= 0.6 is 0 Å². The minimum absolute atomic E-state index is 0.0488. The normalized spacial score (nSPS) is 26.9. The van der Waals surface area contributed by atoms with Gasteiger partial charge in [0.1, 0.15) is 17.9 Å². The molecule has 6 rings (SSSR count). The third kappa shape index (κ3) is 4.41. The van der Waals surface area contributed by atoms with Crippen molar-refractivity contribution in [2.75, 3.05) is 26.2 Å². The fourth-order valence-electron chi connectivity index (χ4n) is 7.64. The number of amides is 1. The van der Waals surface area contributed by atoms with Crippen LogP contribution in [0.4, 0.5) is 0 Å². The molecule has 3 aliphatic heterocycles.